The summed E-state index contributed by atoms with van der Waals surface area (Å²) < 4.78 is 0. The van der Waals surface area contributed by atoms with Gasteiger partial charge in [-0.3, -0.25) is 4.79 Å². The number of aromatic carboxylic acids is 1. The van der Waals surface area contributed by atoms with Gasteiger partial charge in [-0.1, -0.05) is 41.4 Å². The first kappa shape index (κ1) is 17.2. The second-order valence-electron chi connectivity index (χ2n) is 5.35. The van der Waals surface area contributed by atoms with Crippen molar-refractivity contribution in [3.63, 3.8) is 0 Å². The fraction of sp³-hybridized carbons (Fsp3) is 0.0556. The number of carboxylic acids is 1. The van der Waals surface area contributed by atoms with Gasteiger partial charge in [0.25, 0.3) is 5.91 Å². The number of hydrazone groups is 1. The van der Waals surface area contributed by atoms with E-state index in [2.05, 4.69) is 5.10 Å². The van der Waals surface area contributed by atoms with Crippen LogP contribution in [-0.4, -0.2) is 22.7 Å². The van der Waals surface area contributed by atoms with Crippen molar-refractivity contribution in [2.75, 3.05) is 5.01 Å². The first-order valence-electron chi connectivity index (χ1n) is 7.27. The Morgan fingerprint density at radius 2 is 1.88 bits per heavy atom. The number of halogens is 2. The van der Waals surface area contributed by atoms with Gasteiger partial charge in [-0.15, -0.1) is 0 Å². The minimum Gasteiger partial charge on any atom is -0.478 e. The molecule has 1 N–H and O–H groups in total. The maximum atomic E-state index is 12.7. The first-order valence-corrected chi connectivity index (χ1v) is 8.03. The third kappa shape index (κ3) is 3.29. The highest BCUT2D eigenvalue weighted by Gasteiger charge is 2.29. The van der Waals surface area contributed by atoms with Gasteiger partial charge in [0.1, 0.15) is 0 Å². The van der Waals surface area contributed by atoms with Crippen molar-refractivity contribution < 1.29 is 14.7 Å². The molecule has 0 saturated heterocycles. The number of carbonyl (C=O) groups excluding carboxylic acids is 1. The van der Waals surface area contributed by atoms with Crippen LogP contribution in [0.3, 0.4) is 0 Å². The maximum Gasteiger partial charge on any atom is 0.337 e. The number of nitrogens with zero attached hydrogens (tertiary/aromatic N) is 2. The summed E-state index contributed by atoms with van der Waals surface area (Å²) in [6.45, 7) is 1.70. The van der Waals surface area contributed by atoms with Crippen LogP contribution in [0.1, 0.15) is 22.8 Å². The van der Waals surface area contributed by atoms with E-state index in [0.29, 0.717) is 27.6 Å². The van der Waals surface area contributed by atoms with Gasteiger partial charge in [0.2, 0.25) is 0 Å². The Morgan fingerprint density at radius 1 is 1.16 bits per heavy atom. The smallest absolute Gasteiger partial charge is 0.337 e. The highest BCUT2D eigenvalue weighted by atomic mass is 35.5. The number of amides is 1. The summed E-state index contributed by atoms with van der Waals surface area (Å²) in [4.78, 5) is 23.9. The third-order valence-electron chi connectivity index (χ3n) is 3.69. The monoisotopic (exact) mass is 374 g/mol. The minimum absolute atomic E-state index is 0.0930. The molecular weight excluding hydrogens is 363 g/mol. The molecule has 1 amide bonds. The number of hydrogen-bond acceptors (Lipinski definition) is 3. The summed E-state index contributed by atoms with van der Waals surface area (Å²) in [5.74, 6) is -1.54. The molecule has 1 aliphatic rings. The fourth-order valence-corrected chi connectivity index (χ4v) is 2.80. The summed E-state index contributed by atoms with van der Waals surface area (Å²) in [6.07, 6.45) is 1.66. The minimum atomic E-state index is -1.17. The number of carbonyl (C=O) groups is 2. The Morgan fingerprint density at radius 3 is 2.56 bits per heavy atom. The lowest BCUT2D eigenvalue weighted by atomic mass is 10.1. The van der Waals surface area contributed by atoms with Crippen LogP contribution in [0.5, 0.6) is 0 Å². The molecule has 0 bridgehead atoms. The zero-order valence-electron chi connectivity index (χ0n) is 13.0. The predicted octanol–water partition coefficient (Wildman–Crippen LogP) is 4.50. The molecule has 0 aromatic heterocycles. The van der Waals surface area contributed by atoms with Gasteiger partial charge in [0, 0.05) is 5.02 Å². The van der Waals surface area contributed by atoms with E-state index in [9.17, 15) is 14.7 Å². The average molecular weight is 375 g/mol. The second kappa shape index (κ2) is 6.70. The van der Waals surface area contributed by atoms with Gasteiger partial charge in [0.05, 0.1) is 27.6 Å². The zero-order valence-corrected chi connectivity index (χ0v) is 14.5. The van der Waals surface area contributed by atoms with E-state index in [0.717, 1.165) is 5.01 Å². The van der Waals surface area contributed by atoms with Crippen LogP contribution in [-0.2, 0) is 4.79 Å². The van der Waals surface area contributed by atoms with E-state index in [4.69, 9.17) is 23.2 Å². The van der Waals surface area contributed by atoms with Gasteiger partial charge >= 0.3 is 5.97 Å². The zero-order chi connectivity index (χ0) is 18.1. The molecule has 2 aromatic rings. The molecule has 0 fully saturated rings. The summed E-state index contributed by atoms with van der Waals surface area (Å²) in [7, 11) is 0. The number of hydrogen-bond donors (Lipinski definition) is 1. The summed E-state index contributed by atoms with van der Waals surface area (Å²) in [6, 6.07) is 11.4. The Bertz CT molecular complexity index is 951. The molecule has 0 unspecified atom stereocenters. The highest BCUT2D eigenvalue weighted by molar-refractivity contribution is 6.35. The largest absolute Gasteiger partial charge is 0.478 e. The fourth-order valence-electron chi connectivity index (χ4n) is 2.42. The van der Waals surface area contributed by atoms with Crippen LogP contribution in [0.2, 0.25) is 10.0 Å². The number of rotatable bonds is 3. The molecule has 1 heterocycles. The molecule has 126 valence electrons. The summed E-state index contributed by atoms with van der Waals surface area (Å²) in [5, 5.41) is 15.2. The number of anilines is 1. The molecule has 7 heteroatoms. The standard InChI is InChI=1S/C18H12Cl2N2O3/c1-10-13(8-11-4-2-3-5-15(11)19)17(23)22(21-10)12-6-7-16(20)14(9-12)18(24)25/h2-9H,1H3,(H,24,25). The lowest BCUT2D eigenvalue weighted by molar-refractivity contribution is -0.114. The number of carboxylic acid groups (broad SMARTS) is 1. The Balaban J connectivity index is 2.00. The Kier molecular flexibility index (Phi) is 4.61. The first-order chi connectivity index (χ1) is 11.9. The van der Waals surface area contributed by atoms with E-state index < -0.39 is 5.97 Å². The van der Waals surface area contributed by atoms with E-state index in [1.165, 1.54) is 12.1 Å². The van der Waals surface area contributed by atoms with Crippen molar-refractivity contribution in [1.29, 1.82) is 0 Å². The highest BCUT2D eigenvalue weighted by Crippen LogP contribution is 2.29. The summed E-state index contributed by atoms with van der Waals surface area (Å²) >= 11 is 12.0. The van der Waals surface area contributed by atoms with Gasteiger partial charge in [-0.05, 0) is 42.8 Å². The van der Waals surface area contributed by atoms with Crippen molar-refractivity contribution in [3.8, 4) is 0 Å². The molecule has 2 aromatic carbocycles. The predicted molar refractivity (Wildman–Crippen MR) is 98.4 cm³/mol. The summed E-state index contributed by atoms with van der Waals surface area (Å²) in [5.41, 5.74) is 1.83. The topological polar surface area (TPSA) is 70.0 Å². The molecule has 0 spiro atoms. The number of benzene rings is 2. The molecule has 5 nitrogen and oxygen atoms in total. The van der Waals surface area contributed by atoms with Crippen molar-refractivity contribution in [2.24, 2.45) is 5.10 Å². The van der Waals surface area contributed by atoms with E-state index >= 15 is 0 Å². The molecule has 0 saturated carbocycles. The van der Waals surface area contributed by atoms with Gasteiger partial charge in [-0.25, -0.2) is 4.79 Å². The van der Waals surface area contributed by atoms with E-state index in [-0.39, 0.29) is 16.5 Å². The molecule has 0 radical (unpaired) electrons. The molecule has 0 aliphatic carbocycles. The Labute approximate surface area is 153 Å². The van der Waals surface area contributed by atoms with E-state index in [1.54, 1.807) is 37.3 Å². The van der Waals surface area contributed by atoms with Crippen LogP contribution in [0.25, 0.3) is 6.08 Å². The molecule has 3 rings (SSSR count). The van der Waals surface area contributed by atoms with Crippen LogP contribution in [0.15, 0.2) is 53.1 Å². The van der Waals surface area contributed by atoms with Crippen molar-refractivity contribution >= 4 is 52.6 Å². The van der Waals surface area contributed by atoms with Crippen molar-refractivity contribution in [3.05, 3.63) is 69.2 Å². The van der Waals surface area contributed by atoms with Crippen LogP contribution < -0.4 is 5.01 Å². The van der Waals surface area contributed by atoms with Gasteiger partial charge in [0.15, 0.2) is 0 Å². The SMILES string of the molecule is CC1=NN(c2ccc(Cl)c(C(=O)O)c2)C(=O)C1=Cc1ccccc1Cl. The van der Waals surface area contributed by atoms with Crippen LogP contribution in [0.4, 0.5) is 5.69 Å². The average Bonchev–Trinajstić information content (AvgIpc) is 2.85. The molecule has 1 aliphatic heterocycles. The van der Waals surface area contributed by atoms with Crippen molar-refractivity contribution in [1.82, 2.24) is 0 Å². The lowest BCUT2D eigenvalue weighted by Crippen LogP contribution is -2.21. The van der Waals surface area contributed by atoms with Gasteiger partial charge < -0.3 is 5.11 Å². The molecular formula is C18H12Cl2N2O3. The normalized spacial score (nSPS) is 15.6. The quantitative estimate of drug-likeness (QED) is 0.804. The lowest BCUT2D eigenvalue weighted by Gasteiger charge is -2.13. The third-order valence-corrected chi connectivity index (χ3v) is 4.37. The van der Waals surface area contributed by atoms with Crippen LogP contribution in [0, 0.1) is 0 Å². The second-order valence-corrected chi connectivity index (χ2v) is 6.17. The van der Waals surface area contributed by atoms with Gasteiger partial charge in [-0.2, -0.15) is 10.1 Å². The van der Waals surface area contributed by atoms with Crippen molar-refractivity contribution in [2.45, 2.75) is 6.92 Å². The van der Waals surface area contributed by atoms with E-state index in [1.807, 2.05) is 6.07 Å². The maximum absolute atomic E-state index is 12.7. The van der Waals surface area contributed by atoms with Crippen LogP contribution >= 0.6 is 23.2 Å². The molecule has 25 heavy (non-hydrogen) atoms. The molecule has 0 atom stereocenters. The Hall–Kier alpha value is -2.63.